The maximum absolute atomic E-state index is 11.9. The lowest BCUT2D eigenvalue weighted by atomic mass is 10.1. The van der Waals surface area contributed by atoms with Crippen molar-refractivity contribution in [1.29, 1.82) is 0 Å². The van der Waals surface area contributed by atoms with Crippen LogP contribution in [0.2, 0.25) is 0 Å². The number of alkyl halides is 1. The molecule has 0 aliphatic rings. The number of nitrogens with zero attached hydrogens (tertiary/aromatic N) is 3. The lowest BCUT2D eigenvalue weighted by molar-refractivity contribution is 0.0317. The van der Waals surface area contributed by atoms with E-state index in [1.807, 2.05) is 14.0 Å². The van der Waals surface area contributed by atoms with Crippen molar-refractivity contribution >= 4 is 5.97 Å². The second-order valence-electron chi connectivity index (χ2n) is 3.77. The molecule has 0 bridgehead atoms. The largest absolute Gasteiger partial charge is 0.429 e. The quantitative estimate of drug-likeness (QED) is 0.779. The molecule has 0 radical (unpaired) electrons. The molecule has 5 nitrogen and oxygen atoms in total. The van der Waals surface area contributed by atoms with E-state index in [1.165, 1.54) is 6.07 Å². The number of aromatic nitrogens is 3. The highest BCUT2D eigenvalue weighted by Crippen LogP contribution is 2.21. The van der Waals surface area contributed by atoms with E-state index in [0.29, 0.717) is 0 Å². The maximum Gasteiger partial charge on any atom is 0.359 e. The Hall–Kier alpha value is -2.24. The van der Waals surface area contributed by atoms with Crippen molar-refractivity contribution in [2.75, 3.05) is 6.86 Å². The molecule has 18 heavy (non-hydrogen) atoms. The van der Waals surface area contributed by atoms with E-state index in [-0.39, 0.29) is 5.69 Å². The summed E-state index contributed by atoms with van der Waals surface area (Å²) in [5.74, 6) is -0.772. The van der Waals surface area contributed by atoms with Crippen LogP contribution in [0.4, 0.5) is 4.39 Å². The molecule has 0 fully saturated rings. The Morgan fingerprint density at radius 3 is 2.72 bits per heavy atom. The third-order valence-corrected chi connectivity index (χ3v) is 2.55. The normalized spacial score (nSPS) is 10.4. The van der Waals surface area contributed by atoms with Crippen molar-refractivity contribution in [1.82, 2.24) is 14.8 Å². The monoisotopic (exact) mass is 249 g/mol. The van der Waals surface area contributed by atoms with Gasteiger partial charge in [-0.25, -0.2) is 14.2 Å². The first-order valence-electron chi connectivity index (χ1n) is 5.31. The molecule has 94 valence electrons. The first kappa shape index (κ1) is 12.2. The Labute approximate surface area is 103 Å². The number of esters is 1. The van der Waals surface area contributed by atoms with Gasteiger partial charge in [0.05, 0.1) is 11.9 Å². The fourth-order valence-corrected chi connectivity index (χ4v) is 1.74. The molecule has 2 rings (SSSR count). The summed E-state index contributed by atoms with van der Waals surface area (Å²) in [6, 6.07) is 3.23. The number of rotatable bonds is 3. The molecule has 6 heteroatoms. The highest BCUT2D eigenvalue weighted by atomic mass is 19.1. The van der Waals surface area contributed by atoms with Gasteiger partial charge in [0.15, 0.2) is 0 Å². The van der Waals surface area contributed by atoms with Gasteiger partial charge in [-0.2, -0.15) is 5.10 Å². The van der Waals surface area contributed by atoms with E-state index in [9.17, 15) is 9.18 Å². The van der Waals surface area contributed by atoms with Crippen molar-refractivity contribution in [2.24, 2.45) is 7.05 Å². The summed E-state index contributed by atoms with van der Waals surface area (Å²) in [6.45, 7) is 0.788. The molecule has 0 spiro atoms. The van der Waals surface area contributed by atoms with Crippen LogP contribution in [-0.2, 0) is 11.8 Å². The molecule has 0 atom stereocenters. The fraction of sp³-hybridized carbons (Fsp3) is 0.250. The summed E-state index contributed by atoms with van der Waals surface area (Å²) in [7, 11) is 1.83. The van der Waals surface area contributed by atoms with Crippen molar-refractivity contribution in [3.63, 3.8) is 0 Å². The number of carbonyl (C=O) groups excluding carboxylic acids is 1. The summed E-state index contributed by atoms with van der Waals surface area (Å²) in [4.78, 5) is 15.2. The molecular weight excluding hydrogens is 237 g/mol. The Bertz CT molecular complexity index is 544. The van der Waals surface area contributed by atoms with E-state index in [0.717, 1.165) is 16.8 Å². The average Bonchev–Trinajstić information content (AvgIpc) is 2.70. The van der Waals surface area contributed by atoms with Crippen molar-refractivity contribution in [3.05, 3.63) is 35.8 Å². The molecule has 0 aliphatic heterocycles. The van der Waals surface area contributed by atoms with Crippen LogP contribution >= 0.6 is 0 Å². The molecule has 0 saturated heterocycles. The highest BCUT2D eigenvalue weighted by Gasteiger charge is 2.11. The molecule has 0 aromatic carbocycles. The predicted octanol–water partition coefficient (Wildman–Crippen LogP) is 1.87. The average molecular weight is 249 g/mol. The number of pyridine rings is 1. The molecule has 0 unspecified atom stereocenters. The van der Waals surface area contributed by atoms with Gasteiger partial charge in [-0.05, 0) is 24.6 Å². The summed E-state index contributed by atoms with van der Waals surface area (Å²) < 4.78 is 17.8. The first-order valence-corrected chi connectivity index (χ1v) is 5.31. The minimum absolute atomic E-state index is 0.0798. The molecule has 2 aromatic rings. The second-order valence-corrected chi connectivity index (χ2v) is 3.77. The van der Waals surface area contributed by atoms with Crippen molar-refractivity contribution in [3.8, 4) is 11.3 Å². The number of aryl methyl sites for hydroxylation is 2. The van der Waals surface area contributed by atoms with Crippen LogP contribution in [-0.4, -0.2) is 27.6 Å². The Kier molecular flexibility index (Phi) is 3.36. The molecule has 0 aliphatic carbocycles. The molecule has 2 aromatic heterocycles. The summed E-state index contributed by atoms with van der Waals surface area (Å²) in [5, 5.41) is 4.13. The first-order chi connectivity index (χ1) is 8.63. The van der Waals surface area contributed by atoms with E-state index in [1.54, 1.807) is 23.1 Å². The standard InChI is InChI=1S/C12H12FN3O2/c1-8-5-15-16(2)11(8)9-3-4-10(14-6-9)12(17)18-7-13/h3-6H,7H2,1-2H3. The summed E-state index contributed by atoms with van der Waals surface area (Å²) in [6.07, 6.45) is 3.29. The van der Waals surface area contributed by atoms with Gasteiger partial charge < -0.3 is 4.74 Å². The van der Waals surface area contributed by atoms with Crippen LogP contribution in [0.15, 0.2) is 24.5 Å². The number of ether oxygens (including phenoxy) is 1. The fourth-order valence-electron chi connectivity index (χ4n) is 1.74. The third-order valence-electron chi connectivity index (χ3n) is 2.55. The van der Waals surface area contributed by atoms with Crippen LogP contribution in [0.1, 0.15) is 16.1 Å². The lowest BCUT2D eigenvalue weighted by Gasteiger charge is -2.04. The van der Waals surface area contributed by atoms with Crippen LogP contribution < -0.4 is 0 Å². The van der Waals surface area contributed by atoms with E-state index >= 15 is 0 Å². The Morgan fingerprint density at radius 1 is 1.44 bits per heavy atom. The maximum atomic E-state index is 11.9. The van der Waals surface area contributed by atoms with Gasteiger partial charge in [-0.3, -0.25) is 4.68 Å². The zero-order valence-electron chi connectivity index (χ0n) is 10.1. The van der Waals surface area contributed by atoms with Crippen molar-refractivity contribution in [2.45, 2.75) is 6.92 Å². The van der Waals surface area contributed by atoms with Gasteiger partial charge in [-0.1, -0.05) is 0 Å². The SMILES string of the molecule is Cc1cnn(C)c1-c1ccc(C(=O)OCF)nc1. The van der Waals surface area contributed by atoms with Crippen LogP contribution in [0.3, 0.4) is 0 Å². The summed E-state index contributed by atoms with van der Waals surface area (Å²) in [5.41, 5.74) is 2.85. The molecular formula is C12H12FN3O2. The van der Waals surface area contributed by atoms with Gasteiger partial charge in [0.1, 0.15) is 5.69 Å². The number of halogens is 1. The number of hydrogen-bond acceptors (Lipinski definition) is 4. The molecule has 0 N–H and O–H groups in total. The second kappa shape index (κ2) is 4.95. The predicted molar refractivity (Wildman–Crippen MR) is 62.6 cm³/mol. The molecule has 2 heterocycles. The molecule has 0 saturated carbocycles. The Balaban J connectivity index is 2.31. The number of carbonyl (C=O) groups is 1. The molecule has 0 amide bonds. The van der Waals surface area contributed by atoms with Gasteiger partial charge in [0, 0.05) is 18.8 Å². The highest BCUT2D eigenvalue weighted by molar-refractivity contribution is 5.87. The lowest BCUT2D eigenvalue weighted by Crippen LogP contribution is -2.06. The van der Waals surface area contributed by atoms with Crippen molar-refractivity contribution < 1.29 is 13.9 Å². The topological polar surface area (TPSA) is 57.0 Å². The van der Waals surface area contributed by atoms with Crippen LogP contribution in [0.5, 0.6) is 0 Å². The van der Waals surface area contributed by atoms with Gasteiger partial charge in [0.25, 0.3) is 0 Å². The summed E-state index contributed by atoms with van der Waals surface area (Å²) >= 11 is 0. The van der Waals surface area contributed by atoms with Gasteiger partial charge in [0.2, 0.25) is 6.86 Å². The smallest absolute Gasteiger partial charge is 0.359 e. The van der Waals surface area contributed by atoms with E-state index < -0.39 is 12.8 Å². The number of hydrogen-bond donors (Lipinski definition) is 0. The Morgan fingerprint density at radius 2 is 2.22 bits per heavy atom. The minimum atomic E-state index is -1.15. The zero-order chi connectivity index (χ0) is 13.1. The van der Waals surface area contributed by atoms with Crippen LogP contribution in [0.25, 0.3) is 11.3 Å². The van der Waals surface area contributed by atoms with Gasteiger partial charge in [-0.15, -0.1) is 0 Å². The third kappa shape index (κ3) is 2.22. The van der Waals surface area contributed by atoms with E-state index in [2.05, 4.69) is 14.8 Å². The zero-order valence-corrected chi connectivity index (χ0v) is 10.1. The minimum Gasteiger partial charge on any atom is -0.429 e. The van der Waals surface area contributed by atoms with Crippen LogP contribution in [0, 0.1) is 6.92 Å². The van der Waals surface area contributed by atoms with Gasteiger partial charge >= 0.3 is 5.97 Å². The van der Waals surface area contributed by atoms with E-state index in [4.69, 9.17) is 0 Å².